The summed E-state index contributed by atoms with van der Waals surface area (Å²) >= 11 is 0. The standard InChI is InChI=1S/C19H29N5O2/c1-2-20-19(21-13-16-6-5-7-18(12-16)24(25)26)23-11-8-17(15-23)14-22-9-3-4-10-22/h5-7,12,17H,2-4,8-11,13-15H2,1H3,(H,20,21). The van der Waals surface area contributed by atoms with Crippen LogP contribution in [-0.4, -0.2) is 60.0 Å². The molecule has 3 rings (SSSR count). The first-order chi connectivity index (χ1) is 12.7. The molecule has 0 bridgehead atoms. The molecule has 2 heterocycles. The van der Waals surface area contributed by atoms with E-state index in [-0.39, 0.29) is 10.6 Å². The molecule has 0 radical (unpaired) electrons. The molecule has 1 aromatic carbocycles. The van der Waals surface area contributed by atoms with Crippen LogP contribution in [0.5, 0.6) is 0 Å². The van der Waals surface area contributed by atoms with Crippen molar-refractivity contribution in [3.05, 3.63) is 39.9 Å². The van der Waals surface area contributed by atoms with Gasteiger partial charge in [-0.05, 0) is 50.8 Å². The lowest BCUT2D eigenvalue weighted by Crippen LogP contribution is -2.40. The van der Waals surface area contributed by atoms with E-state index in [9.17, 15) is 10.1 Å². The molecule has 0 spiro atoms. The van der Waals surface area contributed by atoms with Crippen LogP contribution in [0.3, 0.4) is 0 Å². The Morgan fingerprint density at radius 3 is 2.88 bits per heavy atom. The number of aliphatic imine (C=N–C) groups is 1. The zero-order valence-electron chi connectivity index (χ0n) is 15.6. The zero-order valence-corrected chi connectivity index (χ0v) is 15.6. The molecule has 1 N–H and O–H groups in total. The molecule has 1 atom stereocenters. The topological polar surface area (TPSA) is 74.0 Å². The number of guanidine groups is 1. The maximum Gasteiger partial charge on any atom is 0.269 e. The molecule has 2 saturated heterocycles. The van der Waals surface area contributed by atoms with Crippen molar-refractivity contribution >= 4 is 11.6 Å². The summed E-state index contributed by atoms with van der Waals surface area (Å²) < 4.78 is 0. The predicted molar refractivity (Wildman–Crippen MR) is 103 cm³/mol. The SMILES string of the molecule is CCNC(=NCc1cccc([N+](=O)[O-])c1)N1CCC(CN2CCCC2)C1. The van der Waals surface area contributed by atoms with Crippen LogP contribution in [0.25, 0.3) is 0 Å². The van der Waals surface area contributed by atoms with Crippen LogP contribution in [0.15, 0.2) is 29.3 Å². The van der Waals surface area contributed by atoms with E-state index in [1.807, 2.05) is 6.07 Å². The number of nitrogens with zero attached hydrogens (tertiary/aromatic N) is 4. The molecule has 7 heteroatoms. The molecule has 2 aliphatic rings. The van der Waals surface area contributed by atoms with Gasteiger partial charge in [-0.2, -0.15) is 0 Å². The van der Waals surface area contributed by atoms with Gasteiger partial charge in [-0.3, -0.25) is 10.1 Å². The summed E-state index contributed by atoms with van der Waals surface area (Å²) in [6, 6.07) is 6.73. The number of hydrogen-bond acceptors (Lipinski definition) is 4. The summed E-state index contributed by atoms with van der Waals surface area (Å²) in [4.78, 5) is 20.2. The maximum absolute atomic E-state index is 10.9. The first-order valence-corrected chi connectivity index (χ1v) is 9.64. The number of nitrogens with one attached hydrogen (secondary N) is 1. The number of nitro groups is 1. The third-order valence-corrected chi connectivity index (χ3v) is 5.17. The van der Waals surface area contributed by atoms with Crippen LogP contribution >= 0.6 is 0 Å². The summed E-state index contributed by atoms with van der Waals surface area (Å²) in [6.07, 6.45) is 3.88. The van der Waals surface area contributed by atoms with Crippen LogP contribution in [0.2, 0.25) is 0 Å². The van der Waals surface area contributed by atoms with Crippen molar-refractivity contribution in [3.8, 4) is 0 Å². The summed E-state index contributed by atoms with van der Waals surface area (Å²) in [5.41, 5.74) is 0.983. The average Bonchev–Trinajstić information content (AvgIpc) is 3.31. The predicted octanol–water partition coefficient (Wildman–Crippen LogP) is 2.48. The van der Waals surface area contributed by atoms with E-state index in [4.69, 9.17) is 4.99 Å². The van der Waals surface area contributed by atoms with Gasteiger partial charge in [0, 0.05) is 38.3 Å². The minimum absolute atomic E-state index is 0.120. The summed E-state index contributed by atoms with van der Waals surface area (Å²) in [5, 5.41) is 14.3. The zero-order chi connectivity index (χ0) is 18.4. The molecule has 2 fully saturated rings. The minimum atomic E-state index is -0.359. The van der Waals surface area contributed by atoms with Crippen LogP contribution in [-0.2, 0) is 6.54 Å². The molecule has 26 heavy (non-hydrogen) atoms. The Hall–Kier alpha value is -2.15. The van der Waals surface area contributed by atoms with Crippen LogP contribution in [0.1, 0.15) is 31.7 Å². The Kier molecular flexibility index (Phi) is 6.44. The van der Waals surface area contributed by atoms with Gasteiger partial charge < -0.3 is 15.1 Å². The highest BCUT2D eigenvalue weighted by Crippen LogP contribution is 2.20. The second-order valence-corrected chi connectivity index (χ2v) is 7.21. The van der Waals surface area contributed by atoms with Gasteiger partial charge in [-0.15, -0.1) is 0 Å². The van der Waals surface area contributed by atoms with Crippen molar-refractivity contribution in [1.82, 2.24) is 15.1 Å². The van der Waals surface area contributed by atoms with Gasteiger partial charge in [0.1, 0.15) is 0 Å². The fraction of sp³-hybridized carbons (Fsp3) is 0.632. The third kappa shape index (κ3) is 4.94. The second kappa shape index (κ2) is 8.98. The molecule has 142 valence electrons. The highest BCUT2D eigenvalue weighted by atomic mass is 16.6. The summed E-state index contributed by atoms with van der Waals surface area (Å²) in [6.45, 7) is 9.10. The highest BCUT2D eigenvalue weighted by Gasteiger charge is 2.27. The highest BCUT2D eigenvalue weighted by molar-refractivity contribution is 5.80. The Morgan fingerprint density at radius 2 is 2.15 bits per heavy atom. The fourth-order valence-corrected chi connectivity index (χ4v) is 3.86. The monoisotopic (exact) mass is 359 g/mol. The first-order valence-electron chi connectivity index (χ1n) is 9.64. The van der Waals surface area contributed by atoms with E-state index in [0.717, 1.165) is 31.2 Å². The lowest BCUT2D eigenvalue weighted by molar-refractivity contribution is -0.384. The molecular weight excluding hydrogens is 330 g/mol. The van der Waals surface area contributed by atoms with Gasteiger partial charge in [0.25, 0.3) is 5.69 Å². The fourth-order valence-electron chi connectivity index (χ4n) is 3.86. The van der Waals surface area contributed by atoms with Crippen LogP contribution in [0, 0.1) is 16.0 Å². The molecule has 1 aromatic rings. The average molecular weight is 359 g/mol. The van der Waals surface area contributed by atoms with Gasteiger partial charge >= 0.3 is 0 Å². The van der Waals surface area contributed by atoms with Gasteiger partial charge in [0.05, 0.1) is 11.5 Å². The van der Waals surface area contributed by atoms with Crippen LogP contribution < -0.4 is 5.32 Å². The van der Waals surface area contributed by atoms with E-state index >= 15 is 0 Å². The van der Waals surface area contributed by atoms with Gasteiger partial charge in [0.15, 0.2) is 5.96 Å². The molecule has 0 amide bonds. The molecule has 7 nitrogen and oxygen atoms in total. The number of rotatable bonds is 6. The van der Waals surface area contributed by atoms with Crippen molar-refractivity contribution in [3.63, 3.8) is 0 Å². The number of non-ortho nitro benzene ring substituents is 1. The van der Waals surface area contributed by atoms with Crippen molar-refractivity contribution in [2.45, 2.75) is 32.7 Å². The molecule has 2 aliphatic heterocycles. The number of likely N-dealkylation sites (tertiary alicyclic amines) is 2. The lowest BCUT2D eigenvalue weighted by atomic mass is 10.1. The maximum atomic E-state index is 10.9. The summed E-state index contributed by atoms with van der Waals surface area (Å²) in [5.74, 6) is 1.62. The number of nitro benzene ring substituents is 1. The number of hydrogen-bond donors (Lipinski definition) is 1. The van der Waals surface area contributed by atoms with E-state index in [1.54, 1.807) is 12.1 Å². The Labute approximate surface area is 155 Å². The minimum Gasteiger partial charge on any atom is -0.357 e. The van der Waals surface area contributed by atoms with Crippen LogP contribution in [0.4, 0.5) is 5.69 Å². The Bertz CT molecular complexity index is 643. The molecule has 1 unspecified atom stereocenters. The van der Waals surface area contributed by atoms with E-state index in [1.165, 1.54) is 45.0 Å². The second-order valence-electron chi connectivity index (χ2n) is 7.21. The largest absolute Gasteiger partial charge is 0.357 e. The Morgan fingerprint density at radius 1 is 1.35 bits per heavy atom. The van der Waals surface area contributed by atoms with Gasteiger partial charge in [0.2, 0.25) is 0 Å². The van der Waals surface area contributed by atoms with Crippen molar-refractivity contribution < 1.29 is 4.92 Å². The van der Waals surface area contributed by atoms with E-state index < -0.39 is 0 Å². The van der Waals surface area contributed by atoms with Gasteiger partial charge in [-0.25, -0.2) is 4.99 Å². The van der Waals surface area contributed by atoms with Crippen molar-refractivity contribution in [1.29, 1.82) is 0 Å². The quantitative estimate of drug-likeness (QED) is 0.366. The van der Waals surface area contributed by atoms with E-state index in [2.05, 4.69) is 22.0 Å². The smallest absolute Gasteiger partial charge is 0.269 e. The van der Waals surface area contributed by atoms with Gasteiger partial charge in [-0.1, -0.05) is 12.1 Å². The van der Waals surface area contributed by atoms with Crippen molar-refractivity contribution in [2.75, 3.05) is 39.3 Å². The Balaban J connectivity index is 1.60. The lowest BCUT2D eigenvalue weighted by Gasteiger charge is -2.23. The molecule has 0 saturated carbocycles. The van der Waals surface area contributed by atoms with Crippen molar-refractivity contribution in [2.24, 2.45) is 10.9 Å². The molecule has 0 aromatic heterocycles. The first kappa shape index (κ1) is 18.6. The third-order valence-electron chi connectivity index (χ3n) is 5.17. The van der Waals surface area contributed by atoms with E-state index in [0.29, 0.717) is 12.5 Å². The number of benzene rings is 1. The summed E-state index contributed by atoms with van der Waals surface area (Å²) in [7, 11) is 0. The molecule has 0 aliphatic carbocycles. The molecular formula is C19H29N5O2. The normalized spacial score (nSPS) is 21.3.